The normalized spacial score (nSPS) is 18.0. The van der Waals surface area contributed by atoms with Gasteiger partial charge in [-0.25, -0.2) is 9.37 Å². The maximum absolute atomic E-state index is 13.8. The summed E-state index contributed by atoms with van der Waals surface area (Å²) in [5.41, 5.74) is 3.98. The van der Waals surface area contributed by atoms with E-state index in [1.807, 2.05) is 17.0 Å². The first kappa shape index (κ1) is 24.2. The first-order valence-electron chi connectivity index (χ1n) is 11.4. The molecule has 34 heavy (non-hydrogen) atoms. The first-order valence-corrected chi connectivity index (χ1v) is 11.4. The zero-order valence-corrected chi connectivity index (χ0v) is 19.6. The van der Waals surface area contributed by atoms with E-state index in [1.165, 1.54) is 17.7 Å². The number of carbonyl (C=O) groups excluding carboxylic acids is 1. The largest absolute Gasteiger partial charge is 0.481 e. The van der Waals surface area contributed by atoms with Crippen molar-refractivity contribution in [2.75, 3.05) is 26.2 Å². The van der Waals surface area contributed by atoms with Gasteiger partial charge in [0.05, 0.1) is 12.5 Å². The third-order valence-corrected chi connectivity index (χ3v) is 6.86. The number of carboxylic acids is 1. The molecule has 1 atom stereocenters. The lowest BCUT2D eigenvalue weighted by Gasteiger charge is -2.29. The molecule has 5 rings (SSSR count). The van der Waals surface area contributed by atoms with Crippen LogP contribution in [0.15, 0.2) is 42.6 Å². The SMILES string of the molecule is Cl.O=C(O)C1CCN(CCC(=O)N2CCc3c(n(Cc4cccc(F)c4)c4ncccc34)C2)C1. The molecule has 1 saturated heterocycles. The van der Waals surface area contributed by atoms with Crippen LogP contribution in [0.5, 0.6) is 0 Å². The van der Waals surface area contributed by atoms with Gasteiger partial charge in [-0.2, -0.15) is 0 Å². The van der Waals surface area contributed by atoms with Gasteiger partial charge in [0.2, 0.25) is 5.91 Å². The highest BCUT2D eigenvalue weighted by Gasteiger charge is 2.30. The Labute approximate surface area is 203 Å². The van der Waals surface area contributed by atoms with Crippen molar-refractivity contribution in [3.63, 3.8) is 0 Å². The summed E-state index contributed by atoms with van der Waals surface area (Å²) in [5.74, 6) is -1.28. The third kappa shape index (κ3) is 4.79. The second-order valence-corrected chi connectivity index (χ2v) is 8.96. The van der Waals surface area contributed by atoms with Crippen molar-refractivity contribution < 1.29 is 19.1 Å². The zero-order valence-electron chi connectivity index (χ0n) is 18.8. The van der Waals surface area contributed by atoms with Crippen LogP contribution in [0.4, 0.5) is 4.39 Å². The van der Waals surface area contributed by atoms with Gasteiger partial charge in [0, 0.05) is 49.9 Å². The molecule has 4 heterocycles. The third-order valence-electron chi connectivity index (χ3n) is 6.86. The molecule has 0 spiro atoms. The van der Waals surface area contributed by atoms with Crippen LogP contribution < -0.4 is 0 Å². The summed E-state index contributed by atoms with van der Waals surface area (Å²) in [6.07, 6.45) is 3.54. The second-order valence-electron chi connectivity index (χ2n) is 8.96. The predicted molar refractivity (Wildman–Crippen MR) is 128 cm³/mol. The van der Waals surface area contributed by atoms with E-state index in [-0.39, 0.29) is 30.0 Å². The number of hydrogen-bond donors (Lipinski definition) is 1. The summed E-state index contributed by atoms with van der Waals surface area (Å²) >= 11 is 0. The molecular formula is C25H28ClFN4O3. The number of benzene rings is 1. The molecule has 0 aliphatic carbocycles. The van der Waals surface area contributed by atoms with Crippen LogP contribution in [0.2, 0.25) is 0 Å². The molecule has 2 aliphatic rings. The average Bonchev–Trinajstić information content (AvgIpc) is 3.41. The van der Waals surface area contributed by atoms with E-state index in [0.717, 1.165) is 35.3 Å². The monoisotopic (exact) mass is 486 g/mol. The van der Waals surface area contributed by atoms with E-state index in [2.05, 4.69) is 20.5 Å². The smallest absolute Gasteiger partial charge is 0.307 e. The van der Waals surface area contributed by atoms with Crippen LogP contribution >= 0.6 is 12.4 Å². The summed E-state index contributed by atoms with van der Waals surface area (Å²) in [6.45, 7) is 3.46. The first-order chi connectivity index (χ1) is 16.0. The topological polar surface area (TPSA) is 78.7 Å². The van der Waals surface area contributed by atoms with E-state index in [9.17, 15) is 19.1 Å². The van der Waals surface area contributed by atoms with Crippen molar-refractivity contribution in [2.24, 2.45) is 5.92 Å². The minimum absolute atomic E-state index is 0. The molecule has 0 radical (unpaired) electrons. The van der Waals surface area contributed by atoms with Crippen molar-refractivity contribution in [3.05, 3.63) is 65.2 Å². The fraction of sp³-hybridized carbons (Fsp3) is 0.400. The van der Waals surface area contributed by atoms with Gasteiger partial charge in [-0.05, 0) is 54.8 Å². The van der Waals surface area contributed by atoms with E-state index < -0.39 is 5.97 Å². The number of carbonyl (C=O) groups is 2. The molecule has 0 bridgehead atoms. The fourth-order valence-electron chi connectivity index (χ4n) is 5.11. The van der Waals surface area contributed by atoms with Gasteiger partial charge in [-0.1, -0.05) is 12.1 Å². The van der Waals surface area contributed by atoms with Gasteiger partial charge in [0.25, 0.3) is 0 Å². The lowest BCUT2D eigenvalue weighted by molar-refractivity contribution is -0.141. The number of pyridine rings is 1. The van der Waals surface area contributed by atoms with Crippen LogP contribution in [0, 0.1) is 11.7 Å². The quantitative estimate of drug-likeness (QED) is 0.578. The minimum Gasteiger partial charge on any atom is -0.481 e. The molecule has 1 N–H and O–H groups in total. The summed E-state index contributed by atoms with van der Waals surface area (Å²) in [7, 11) is 0. The molecule has 2 aliphatic heterocycles. The predicted octanol–water partition coefficient (Wildman–Crippen LogP) is 3.33. The Kier molecular flexibility index (Phi) is 7.19. The van der Waals surface area contributed by atoms with Crippen molar-refractivity contribution in [1.29, 1.82) is 0 Å². The highest BCUT2D eigenvalue weighted by molar-refractivity contribution is 5.85. The number of likely N-dealkylation sites (tertiary alicyclic amines) is 1. The number of rotatable bonds is 6. The highest BCUT2D eigenvalue weighted by Crippen LogP contribution is 2.31. The van der Waals surface area contributed by atoms with E-state index >= 15 is 0 Å². The lowest BCUT2D eigenvalue weighted by Crippen LogP contribution is -2.38. The van der Waals surface area contributed by atoms with Gasteiger partial charge >= 0.3 is 5.97 Å². The second kappa shape index (κ2) is 10.1. The van der Waals surface area contributed by atoms with E-state index in [4.69, 9.17) is 0 Å². The standard InChI is InChI=1S/C25H27FN4O3.ClH/c26-19-4-1-3-17(13-19)14-30-22-16-29(12-7-20(22)21-5-2-9-27-24(21)30)23(31)8-11-28-10-6-18(15-28)25(32)33;/h1-5,9,13,18H,6-8,10-12,14-16H2,(H,32,33);1H. The number of aromatic nitrogens is 2. The molecule has 1 fully saturated rings. The lowest BCUT2D eigenvalue weighted by atomic mass is 10.0. The van der Waals surface area contributed by atoms with Gasteiger partial charge < -0.3 is 19.5 Å². The molecule has 2 aromatic heterocycles. The summed E-state index contributed by atoms with van der Waals surface area (Å²) in [5, 5.41) is 10.3. The Morgan fingerprint density at radius 1 is 1.18 bits per heavy atom. The van der Waals surface area contributed by atoms with Crippen LogP contribution in [-0.4, -0.2) is 62.5 Å². The number of aliphatic carboxylic acids is 1. The maximum Gasteiger partial charge on any atom is 0.307 e. The average molecular weight is 487 g/mol. The van der Waals surface area contributed by atoms with Crippen molar-refractivity contribution in [3.8, 4) is 0 Å². The Bertz CT molecular complexity index is 1210. The van der Waals surface area contributed by atoms with Gasteiger partial charge in [0.1, 0.15) is 11.5 Å². The molecule has 3 aromatic rings. The molecule has 9 heteroatoms. The number of amides is 1. The van der Waals surface area contributed by atoms with Crippen molar-refractivity contribution in [2.45, 2.75) is 32.4 Å². The van der Waals surface area contributed by atoms with Crippen LogP contribution in [0.1, 0.15) is 29.7 Å². The molecule has 1 aromatic carbocycles. The highest BCUT2D eigenvalue weighted by atomic mass is 35.5. The molecule has 1 unspecified atom stereocenters. The molecule has 0 saturated carbocycles. The van der Waals surface area contributed by atoms with Crippen LogP contribution in [-0.2, 0) is 29.1 Å². The van der Waals surface area contributed by atoms with E-state index in [0.29, 0.717) is 45.6 Å². The Hall–Kier alpha value is -2.97. The maximum atomic E-state index is 13.8. The summed E-state index contributed by atoms with van der Waals surface area (Å²) in [6, 6.07) is 10.6. The molecule has 180 valence electrons. The van der Waals surface area contributed by atoms with E-state index in [1.54, 1.807) is 12.3 Å². The fourth-order valence-corrected chi connectivity index (χ4v) is 5.11. The summed E-state index contributed by atoms with van der Waals surface area (Å²) < 4.78 is 15.9. The van der Waals surface area contributed by atoms with Gasteiger partial charge in [0.15, 0.2) is 0 Å². The van der Waals surface area contributed by atoms with Crippen molar-refractivity contribution >= 4 is 35.3 Å². The number of carboxylic acid groups (broad SMARTS) is 1. The van der Waals surface area contributed by atoms with Gasteiger partial charge in [-0.3, -0.25) is 9.59 Å². The zero-order chi connectivity index (χ0) is 22.9. The number of fused-ring (bicyclic) bond motifs is 3. The Morgan fingerprint density at radius 2 is 2.03 bits per heavy atom. The van der Waals surface area contributed by atoms with Crippen molar-refractivity contribution in [1.82, 2.24) is 19.4 Å². The summed E-state index contributed by atoms with van der Waals surface area (Å²) in [4.78, 5) is 32.7. The number of halogens is 2. The van der Waals surface area contributed by atoms with Crippen LogP contribution in [0.25, 0.3) is 11.0 Å². The molecule has 1 amide bonds. The Balaban J connectivity index is 0.00000274. The number of hydrogen-bond acceptors (Lipinski definition) is 4. The Morgan fingerprint density at radius 3 is 2.79 bits per heavy atom. The van der Waals surface area contributed by atoms with Gasteiger partial charge in [-0.15, -0.1) is 12.4 Å². The minimum atomic E-state index is -0.757. The number of nitrogens with zero attached hydrogens (tertiary/aromatic N) is 4. The molecule has 7 nitrogen and oxygen atoms in total. The van der Waals surface area contributed by atoms with Crippen LogP contribution in [0.3, 0.4) is 0 Å². The molecular weight excluding hydrogens is 459 g/mol.